The number of benzene rings is 1. The van der Waals surface area contributed by atoms with E-state index in [0.29, 0.717) is 31.7 Å². The highest BCUT2D eigenvalue weighted by Crippen LogP contribution is 2.33. The molecule has 0 radical (unpaired) electrons. The summed E-state index contributed by atoms with van der Waals surface area (Å²) in [6, 6.07) is 8.00. The Morgan fingerprint density at radius 1 is 1.08 bits per heavy atom. The van der Waals surface area contributed by atoms with Crippen LogP contribution in [-0.4, -0.2) is 80.7 Å². The maximum Gasteiger partial charge on any atom is 0.260 e. The number of ether oxygens (including phenoxy) is 1. The van der Waals surface area contributed by atoms with Gasteiger partial charge in [-0.15, -0.1) is 0 Å². The number of carbonyl (C=O) groups is 2. The lowest BCUT2D eigenvalue weighted by molar-refractivity contribution is -0.135. The van der Waals surface area contributed by atoms with Crippen molar-refractivity contribution in [2.24, 2.45) is 11.8 Å². The van der Waals surface area contributed by atoms with Crippen LogP contribution < -0.4 is 10.1 Å². The van der Waals surface area contributed by atoms with Crippen LogP contribution >= 0.6 is 0 Å². The lowest BCUT2D eigenvalue weighted by atomic mass is 9.80. The molecule has 10 heteroatoms. The van der Waals surface area contributed by atoms with Crippen molar-refractivity contribution in [2.45, 2.75) is 56.9 Å². The number of nitrogens with zero attached hydrogens (tertiary/aromatic N) is 3. The normalized spacial score (nSPS) is 21.4. The van der Waals surface area contributed by atoms with Crippen molar-refractivity contribution in [2.75, 3.05) is 45.1 Å². The third-order valence-electron chi connectivity index (χ3n) is 7.15. The predicted octanol–water partition coefficient (Wildman–Crippen LogP) is 2.23. The molecule has 3 rings (SSSR count). The number of nitriles is 1. The van der Waals surface area contributed by atoms with Crippen LogP contribution in [0.5, 0.6) is 5.75 Å². The molecule has 0 spiro atoms. The Bertz CT molecular complexity index is 1050. The first kappa shape index (κ1) is 27.9. The molecule has 1 aromatic rings. The van der Waals surface area contributed by atoms with E-state index < -0.39 is 15.8 Å². The lowest BCUT2D eigenvalue weighted by Crippen LogP contribution is -2.55. The zero-order chi connectivity index (χ0) is 26.3. The molecule has 1 aromatic carbocycles. The fraction of sp³-hybridized carbons (Fsp3) is 0.654. The molecule has 1 aliphatic heterocycles. The van der Waals surface area contributed by atoms with Gasteiger partial charge < -0.3 is 15.0 Å². The average Bonchev–Trinajstić information content (AvgIpc) is 2.85. The molecule has 2 amide bonds. The highest BCUT2D eigenvalue weighted by atomic mass is 32.2. The Hall–Kier alpha value is -2.64. The first-order chi connectivity index (χ1) is 17.0. The quantitative estimate of drug-likeness (QED) is 0.524. The predicted molar refractivity (Wildman–Crippen MR) is 136 cm³/mol. The van der Waals surface area contributed by atoms with Gasteiger partial charge in [-0.25, -0.2) is 8.42 Å². The molecule has 1 heterocycles. The number of amides is 2. The number of hydrogen-bond acceptors (Lipinski definition) is 7. The molecule has 0 aromatic heterocycles. The number of nitrogens with one attached hydrogen (secondary N) is 1. The molecule has 198 valence electrons. The van der Waals surface area contributed by atoms with Gasteiger partial charge in [0.2, 0.25) is 5.91 Å². The summed E-state index contributed by atoms with van der Waals surface area (Å²) in [5.41, 5.74) is 0.0788. The summed E-state index contributed by atoms with van der Waals surface area (Å²) in [6.45, 7) is 9.29. The summed E-state index contributed by atoms with van der Waals surface area (Å²) < 4.78 is 31.8. The van der Waals surface area contributed by atoms with Crippen LogP contribution in [0.25, 0.3) is 0 Å². The van der Waals surface area contributed by atoms with Gasteiger partial charge in [-0.2, -0.15) is 5.26 Å². The molecular weight excluding hydrogens is 480 g/mol. The van der Waals surface area contributed by atoms with Gasteiger partial charge in [-0.3, -0.25) is 14.5 Å². The second-order valence-corrected chi connectivity index (χ2v) is 12.6. The van der Waals surface area contributed by atoms with Gasteiger partial charge >= 0.3 is 0 Å². The van der Waals surface area contributed by atoms with Crippen LogP contribution in [-0.2, 0) is 19.4 Å². The number of rotatable bonds is 8. The van der Waals surface area contributed by atoms with Crippen LogP contribution in [0.4, 0.5) is 0 Å². The molecule has 36 heavy (non-hydrogen) atoms. The van der Waals surface area contributed by atoms with Gasteiger partial charge in [0, 0.05) is 37.6 Å². The van der Waals surface area contributed by atoms with E-state index in [-0.39, 0.29) is 47.1 Å². The van der Waals surface area contributed by atoms with Gasteiger partial charge in [0.05, 0.1) is 16.7 Å². The Morgan fingerprint density at radius 2 is 1.72 bits per heavy atom. The van der Waals surface area contributed by atoms with E-state index in [0.717, 1.165) is 25.9 Å². The molecular formula is C26H38N4O5S. The summed E-state index contributed by atoms with van der Waals surface area (Å²) in [5, 5.41) is 11.3. The van der Waals surface area contributed by atoms with E-state index in [1.54, 1.807) is 17.0 Å². The van der Waals surface area contributed by atoms with Crippen LogP contribution in [0.1, 0.15) is 46.5 Å². The summed E-state index contributed by atoms with van der Waals surface area (Å²) >= 11 is 0. The van der Waals surface area contributed by atoms with Crippen LogP contribution in [0.15, 0.2) is 29.2 Å². The van der Waals surface area contributed by atoms with Gasteiger partial charge in [-0.05, 0) is 63.8 Å². The summed E-state index contributed by atoms with van der Waals surface area (Å²) in [4.78, 5) is 29.3. The van der Waals surface area contributed by atoms with Crippen LogP contribution in [0.2, 0.25) is 0 Å². The minimum Gasteiger partial charge on any atom is -0.484 e. The summed E-state index contributed by atoms with van der Waals surface area (Å²) in [6.07, 6.45) is 3.05. The van der Waals surface area contributed by atoms with Gasteiger partial charge in [-0.1, -0.05) is 12.8 Å². The van der Waals surface area contributed by atoms with E-state index in [1.807, 2.05) is 6.07 Å². The first-order valence-corrected chi connectivity index (χ1v) is 14.3. The highest BCUT2D eigenvalue weighted by Gasteiger charge is 2.34. The third-order valence-corrected chi connectivity index (χ3v) is 9.00. The van der Waals surface area contributed by atoms with Gasteiger partial charge in [0.15, 0.2) is 16.4 Å². The van der Waals surface area contributed by atoms with Crippen molar-refractivity contribution in [3.8, 4) is 11.8 Å². The molecule has 1 aliphatic carbocycles. The number of sulfone groups is 1. The third kappa shape index (κ3) is 7.43. The molecule has 0 unspecified atom stereocenters. The van der Waals surface area contributed by atoms with E-state index in [4.69, 9.17) is 10.00 Å². The van der Waals surface area contributed by atoms with Crippen molar-refractivity contribution < 1.29 is 22.7 Å². The maximum atomic E-state index is 13.1. The minimum absolute atomic E-state index is 0.0775. The summed E-state index contributed by atoms with van der Waals surface area (Å²) in [7, 11) is -3.61. The number of piperazine rings is 1. The largest absolute Gasteiger partial charge is 0.484 e. The van der Waals surface area contributed by atoms with Crippen LogP contribution in [0.3, 0.4) is 0 Å². The van der Waals surface area contributed by atoms with E-state index in [9.17, 15) is 18.0 Å². The minimum atomic E-state index is -3.61. The van der Waals surface area contributed by atoms with E-state index >= 15 is 0 Å². The fourth-order valence-corrected chi connectivity index (χ4v) is 6.70. The highest BCUT2D eigenvalue weighted by molar-refractivity contribution is 7.91. The topological polar surface area (TPSA) is 120 Å². The van der Waals surface area contributed by atoms with Crippen molar-refractivity contribution in [3.63, 3.8) is 0 Å². The Balaban J connectivity index is 1.53. The second kappa shape index (κ2) is 12.1. The Labute approximate surface area is 214 Å². The van der Waals surface area contributed by atoms with Gasteiger partial charge in [0.25, 0.3) is 5.91 Å². The molecule has 1 saturated heterocycles. The smallest absolute Gasteiger partial charge is 0.260 e. The van der Waals surface area contributed by atoms with E-state index in [2.05, 4.69) is 31.0 Å². The van der Waals surface area contributed by atoms with Crippen LogP contribution in [0, 0.1) is 23.2 Å². The monoisotopic (exact) mass is 518 g/mol. The first-order valence-electron chi connectivity index (χ1n) is 12.6. The fourth-order valence-electron chi connectivity index (χ4n) is 4.99. The number of carbonyl (C=O) groups excluding carboxylic acids is 2. The number of hydrogen-bond donors (Lipinski definition) is 1. The van der Waals surface area contributed by atoms with Gasteiger partial charge in [0.1, 0.15) is 12.3 Å². The molecule has 0 bridgehead atoms. The zero-order valence-corrected chi connectivity index (χ0v) is 22.3. The Kier molecular flexibility index (Phi) is 9.36. The second-order valence-electron chi connectivity index (χ2n) is 10.6. The van der Waals surface area contributed by atoms with E-state index in [1.165, 1.54) is 12.1 Å². The summed E-state index contributed by atoms with van der Waals surface area (Å²) in [5.74, 6) is -0.697. The molecule has 2 atom stereocenters. The maximum absolute atomic E-state index is 13.1. The van der Waals surface area contributed by atoms with Crippen molar-refractivity contribution in [1.82, 2.24) is 15.1 Å². The van der Waals surface area contributed by atoms with Crippen molar-refractivity contribution in [3.05, 3.63) is 24.3 Å². The zero-order valence-electron chi connectivity index (χ0n) is 21.5. The molecule has 1 N–H and O–H groups in total. The van der Waals surface area contributed by atoms with Crippen molar-refractivity contribution >= 4 is 21.7 Å². The lowest BCUT2D eigenvalue weighted by Gasteiger charge is -2.42. The standard InChI is InChI=1S/C26H38N4O5S/c1-26(2,3)30-16-14-29(15-17-30)24(31)18-35-21-8-10-22(11-9-21)36(33,34)19-20-6-4-5-7-23(20)25(32)28-13-12-27/h8-11,20,23H,4-7,13-19H2,1-3H3,(H,28,32)/t20-,23+/m1/s1. The van der Waals surface area contributed by atoms with Crippen molar-refractivity contribution in [1.29, 1.82) is 5.26 Å². The molecule has 1 saturated carbocycles. The Morgan fingerprint density at radius 3 is 2.33 bits per heavy atom. The molecule has 2 fully saturated rings. The SMILES string of the molecule is CC(C)(C)N1CCN(C(=O)COc2ccc(S(=O)(=O)C[C@H]3CCCC[C@@H]3C(=O)NCC#N)cc2)CC1. The molecule has 9 nitrogen and oxygen atoms in total. The average molecular weight is 519 g/mol. The molecule has 2 aliphatic rings.